The SMILES string of the molecule is CCCCS(=O)c1sc2ncc(-c3ccc(C(=O)O)cc3)nc2c1N. The molecule has 0 saturated carbocycles. The number of fused-ring (bicyclic) bond motifs is 1. The number of hydrogen-bond donors (Lipinski definition) is 2. The molecule has 8 heteroatoms. The van der Waals surface area contributed by atoms with E-state index in [9.17, 15) is 9.00 Å². The average molecular weight is 375 g/mol. The first-order valence-electron chi connectivity index (χ1n) is 7.78. The molecule has 130 valence electrons. The number of carboxylic acid groups (broad SMARTS) is 1. The van der Waals surface area contributed by atoms with E-state index >= 15 is 0 Å². The van der Waals surface area contributed by atoms with Crippen LogP contribution in [-0.4, -0.2) is 31.0 Å². The minimum Gasteiger partial charge on any atom is -0.478 e. The Hall–Kier alpha value is -2.32. The Morgan fingerprint density at radius 1 is 1.32 bits per heavy atom. The molecule has 0 radical (unpaired) electrons. The second-order valence-corrected chi connectivity index (χ2v) is 8.26. The number of thiophene rings is 1. The second kappa shape index (κ2) is 7.28. The number of nitrogen functional groups attached to an aromatic ring is 1. The van der Waals surface area contributed by atoms with Crippen LogP contribution >= 0.6 is 11.3 Å². The summed E-state index contributed by atoms with van der Waals surface area (Å²) in [6.45, 7) is 2.05. The minimum atomic E-state index is -1.14. The molecule has 1 unspecified atom stereocenters. The summed E-state index contributed by atoms with van der Waals surface area (Å²) in [4.78, 5) is 20.5. The van der Waals surface area contributed by atoms with E-state index in [4.69, 9.17) is 10.8 Å². The van der Waals surface area contributed by atoms with Gasteiger partial charge in [-0.05, 0) is 18.6 Å². The Morgan fingerprint density at radius 3 is 2.68 bits per heavy atom. The first-order chi connectivity index (χ1) is 12.0. The zero-order valence-electron chi connectivity index (χ0n) is 13.6. The van der Waals surface area contributed by atoms with Crippen LogP contribution in [0.3, 0.4) is 0 Å². The fraction of sp³-hybridized carbons (Fsp3) is 0.235. The fourth-order valence-electron chi connectivity index (χ4n) is 2.33. The fourth-order valence-corrected chi connectivity index (χ4v) is 5.00. The van der Waals surface area contributed by atoms with Gasteiger partial charge in [0, 0.05) is 11.3 Å². The van der Waals surface area contributed by atoms with Gasteiger partial charge in [0.2, 0.25) is 0 Å². The number of aromatic nitrogens is 2. The molecule has 0 fully saturated rings. The molecule has 2 heterocycles. The van der Waals surface area contributed by atoms with Crippen molar-refractivity contribution in [1.29, 1.82) is 0 Å². The highest BCUT2D eigenvalue weighted by Crippen LogP contribution is 2.35. The third-order valence-corrected chi connectivity index (χ3v) is 6.72. The van der Waals surface area contributed by atoms with Crippen LogP contribution in [0.25, 0.3) is 21.6 Å². The predicted octanol–water partition coefficient (Wildman–Crippen LogP) is 3.55. The summed E-state index contributed by atoms with van der Waals surface area (Å²) in [6, 6.07) is 6.40. The van der Waals surface area contributed by atoms with E-state index in [2.05, 4.69) is 16.9 Å². The first kappa shape index (κ1) is 17.5. The van der Waals surface area contributed by atoms with E-state index in [0.717, 1.165) is 18.4 Å². The molecule has 2 aromatic heterocycles. The maximum atomic E-state index is 12.4. The molecule has 6 nitrogen and oxygen atoms in total. The molecule has 0 saturated heterocycles. The third-order valence-electron chi connectivity index (χ3n) is 3.72. The maximum Gasteiger partial charge on any atom is 0.335 e. The molecule has 0 spiro atoms. The van der Waals surface area contributed by atoms with Crippen LogP contribution in [0, 0.1) is 0 Å². The Kier molecular flexibility index (Phi) is 5.10. The highest BCUT2D eigenvalue weighted by atomic mass is 32.2. The highest BCUT2D eigenvalue weighted by molar-refractivity contribution is 7.87. The van der Waals surface area contributed by atoms with E-state index in [-0.39, 0.29) is 5.56 Å². The van der Waals surface area contributed by atoms with Gasteiger partial charge in [-0.25, -0.2) is 14.8 Å². The molecule has 0 aliphatic rings. The Bertz CT molecular complexity index is 952. The lowest BCUT2D eigenvalue weighted by atomic mass is 10.1. The van der Waals surface area contributed by atoms with Crippen molar-refractivity contribution in [3.63, 3.8) is 0 Å². The molecule has 0 aliphatic carbocycles. The maximum absolute atomic E-state index is 12.4. The lowest BCUT2D eigenvalue weighted by Crippen LogP contribution is -1.99. The van der Waals surface area contributed by atoms with Crippen LogP contribution in [0.2, 0.25) is 0 Å². The van der Waals surface area contributed by atoms with Gasteiger partial charge in [0.15, 0.2) is 0 Å². The molecule has 0 aliphatic heterocycles. The minimum absolute atomic E-state index is 0.210. The van der Waals surface area contributed by atoms with E-state index in [1.807, 2.05) is 0 Å². The standard InChI is InChI=1S/C17H17N3O3S2/c1-2-3-8-25(23)17-13(18)14-15(24-17)19-9-12(20-14)10-4-6-11(7-5-10)16(21)22/h4-7,9H,2-3,8,18H2,1H3,(H,21,22). The smallest absolute Gasteiger partial charge is 0.335 e. The van der Waals surface area contributed by atoms with Gasteiger partial charge in [-0.1, -0.05) is 25.5 Å². The van der Waals surface area contributed by atoms with Crippen LogP contribution in [-0.2, 0) is 10.8 Å². The van der Waals surface area contributed by atoms with Crippen molar-refractivity contribution in [2.75, 3.05) is 11.5 Å². The summed E-state index contributed by atoms with van der Waals surface area (Å²) in [7, 11) is -1.14. The summed E-state index contributed by atoms with van der Waals surface area (Å²) < 4.78 is 13.0. The summed E-state index contributed by atoms with van der Waals surface area (Å²) in [5.74, 6) is -0.397. The Balaban J connectivity index is 1.98. The Labute approximate surface area is 151 Å². The zero-order valence-corrected chi connectivity index (χ0v) is 15.2. The monoisotopic (exact) mass is 375 g/mol. The van der Waals surface area contributed by atoms with Crippen LogP contribution in [0.5, 0.6) is 0 Å². The van der Waals surface area contributed by atoms with Crippen LogP contribution in [0.1, 0.15) is 30.1 Å². The van der Waals surface area contributed by atoms with Crippen LogP contribution < -0.4 is 5.73 Å². The van der Waals surface area contributed by atoms with Gasteiger partial charge in [-0.3, -0.25) is 4.21 Å². The molecular formula is C17H17N3O3S2. The molecule has 0 bridgehead atoms. The lowest BCUT2D eigenvalue weighted by Gasteiger charge is -2.02. The number of carbonyl (C=O) groups is 1. The van der Waals surface area contributed by atoms with Gasteiger partial charge in [-0.2, -0.15) is 0 Å². The van der Waals surface area contributed by atoms with Crippen molar-refractivity contribution in [3.8, 4) is 11.3 Å². The number of rotatable bonds is 6. The lowest BCUT2D eigenvalue weighted by molar-refractivity contribution is 0.0697. The number of nitrogens with zero attached hydrogens (tertiary/aromatic N) is 2. The van der Waals surface area contributed by atoms with Crippen molar-refractivity contribution in [3.05, 3.63) is 36.0 Å². The summed E-state index contributed by atoms with van der Waals surface area (Å²) in [5, 5.41) is 8.97. The van der Waals surface area contributed by atoms with Crippen molar-refractivity contribution >= 4 is 44.1 Å². The third kappa shape index (κ3) is 3.54. The zero-order chi connectivity index (χ0) is 18.0. The number of anilines is 1. The molecule has 1 aromatic carbocycles. The first-order valence-corrected chi connectivity index (χ1v) is 9.92. The normalized spacial score (nSPS) is 12.4. The van der Waals surface area contributed by atoms with E-state index < -0.39 is 16.8 Å². The van der Waals surface area contributed by atoms with Gasteiger partial charge in [-0.15, -0.1) is 11.3 Å². The highest BCUT2D eigenvalue weighted by Gasteiger charge is 2.17. The number of unbranched alkanes of at least 4 members (excludes halogenated alkanes) is 1. The van der Waals surface area contributed by atoms with Gasteiger partial charge in [0.25, 0.3) is 0 Å². The molecule has 0 amide bonds. The molecule has 1 atom stereocenters. The Morgan fingerprint density at radius 2 is 2.04 bits per heavy atom. The van der Waals surface area contributed by atoms with E-state index in [1.54, 1.807) is 18.3 Å². The van der Waals surface area contributed by atoms with Gasteiger partial charge in [0.1, 0.15) is 14.6 Å². The number of aromatic carboxylic acids is 1. The number of hydrogen-bond acceptors (Lipinski definition) is 6. The number of nitrogens with two attached hydrogens (primary N) is 1. The average Bonchev–Trinajstić information content (AvgIpc) is 2.96. The topological polar surface area (TPSA) is 106 Å². The van der Waals surface area contributed by atoms with Crippen LogP contribution in [0.4, 0.5) is 5.69 Å². The molecule has 3 N–H and O–H groups in total. The van der Waals surface area contributed by atoms with Crippen molar-refractivity contribution in [2.45, 2.75) is 24.0 Å². The molecule has 3 aromatic rings. The largest absolute Gasteiger partial charge is 0.478 e. The molecule has 25 heavy (non-hydrogen) atoms. The quantitative estimate of drug-likeness (QED) is 0.682. The van der Waals surface area contributed by atoms with Crippen molar-refractivity contribution in [2.24, 2.45) is 0 Å². The number of carboxylic acids is 1. The predicted molar refractivity (Wildman–Crippen MR) is 100 cm³/mol. The van der Waals surface area contributed by atoms with Gasteiger partial charge >= 0.3 is 5.97 Å². The summed E-state index contributed by atoms with van der Waals surface area (Å²) in [6.07, 6.45) is 3.47. The van der Waals surface area contributed by atoms with Gasteiger partial charge < -0.3 is 10.8 Å². The van der Waals surface area contributed by atoms with Crippen molar-refractivity contribution in [1.82, 2.24) is 9.97 Å². The van der Waals surface area contributed by atoms with Gasteiger partial charge in [0.05, 0.1) is 33.9 Å². The van der Waals surface area contributed by atoms with E-state index in [1.165, 1.54) is 23.5 Å². The number of benzene rings is 1. The van der Waals surface area contributed by atoms with E-state index in [0.29, 0.717) is 31.7 Å². The van der Waals surface area contributed by atoms with Crippen molar-refractivity contribution < 1.29 is 14.1 Å². The summed E-state index contributed by atoms with van der Waals surface area (Å²) >= 11 is 1.32. The second-order valence-electron chi connectivity index (χ2n) is 5.50. The molecular weight excluding hydrogens is 358 g/mol. The van der Waals surface area contributed by atoms with Crippen LogP contribution in [0.15, 0.2) is 34.7 Å². The summed E-state index contributed by atoms with van der Waals surface area (Å²) in [5.41, 5.74) is 8.68. The molecule has 3 rings (SSSR count).